The lowest BCUT2D eigenvalue weighted by Gasteiger charge is -1.90. The number of hydrogen-bond acceptors (Lipinski definition) is 1. The first kappa shape index (κ1) is 9.76. The SMILES string of the molecule is COC=CC(C)=CCCBr. The quantitative estimate of drug-likeness (QED) is 0.389. The molecule has 0 aromatic carbocycles. The molecule has 0 N–H and O–H groups in total. The van der Waals surface area contributed by atoms with Gasteiger partial charge < -0.3 is 4.74 Å². The molecule has 0 spiro atoms. The molecular weight excluding hydrogens is 192 g/mol. The van der Waals surface area contributed by atoms with Gasteiger partial charge in [-0.05, 0) is 19.4 Å². The second-order valence-corrected chi connectivity index (χ2v) is 2.76. The molecule has 0 aliphatic carbocycles. The number of rotatable bonds is 4. The summed E-state index contributed by atoms with van der Waals surface area (Å²) in [6.07, 6.45) is 6.85. The van der Waals surface area contributed by atoms with E-state index in [0.717, 1.165) is 11.8 Å². The van der Waals surface area contributed by atoms with Gasteiger partial charge in [-0.3, -0.25) is 0 Å². The van der Waals surface area contributed by atoms with E-state index in [1.54, 1.807) is 13.4 Å². The lowest BCUT2D eigenvalue weighted by Crippen LogP contribution is -1.72. The topological polar surface area (TPSA) is 9.23 Å². The number of ether oxygens (including phenoxy) is 1. The van der Waals surface area contributed by atoms with Crippen molar-refractivity contribution < 1.29 is 4.74 Å². The van der Waals surface area contributed by atoms with Gasteiger partial charge in [0, 0.05) is 5.33 Å². The molecule has 2 heteroatoms. The van der Waals surface area contributed by atoms with Gasteiger partial charge in [-0.2, -0.15) is 0 Å². The van der Waals surface area contributed by atoms with Crippen molar-refractivity contribution in [1.29, 1.82) is 0 Å². The third-order valence-corrected chi connectivity index (χ3v) is 1.50. The van der Waals surface area contributed by atoms with Gasteiger partial charge in [0.2, 0.25) is 0 Å². The predicted molar refractivity (Wildman–Crippen MR) is 48.3 cm³/mol. The molecule has 0 rings (SSSR count). The minimum absolute atomic E-state index is 1.02. The van der Waals surface area contributed by atoms with Gasteiger partial charge >= 0.3 is 0 Å². The zero-order valence-electron chi connectivity index (χ0n) is 6.43. The van der Waals surface area contributed by atoms with Crippen LogP contribution >= 0.6 is 15.9 Å². The van der Waals surface area contributed by atoms with E-state index in [4.69, 9.17) is 4.74 Å². The van der Waals surface area contributed by atoms with Crippen LogP contribution in [-0.4, -0.2) is 12.4 Å². The number of halogens is 1. The minimum atomic E-state index is 1.02. The highest BCUT2D eigenvalue weighted by Gasteiger charge is 1.79. The summed E-state index contributed by atoms with van der Waals surface area (Å²) in [5.74, 6) is 0. The monoisotopic (exact) mass is 204 g/mol. The molecule has 10 heavy (non-hydrogen) atoms. The first-order valence-electron chi connectivity index (χ1n) is 3.23. The fraction of sp³-hybridized carbons (Fsp3) is 0.500. The van der Waals surface area contributed by atoms with Crippen LogP contribution in [-0.2, 0) is 4.74 Å². The van der Waals surface area contributed by atoms with Crippen LogP contribution in [0.4, 0.5) is 0 Å². The maximum absolute atomic E-state index is 4.76. The van der Waals surface area contributed by atoms with E-state index in [9.17, 15) is 0 Å². The van der Waals surface area contributed by atoms with E-state index in [2.05, 4.69) is 28.9 Å². The standard InChI is InChI=1S/C8H13BrO/c1-8(4-3-6-9)5-7-10-2/h4-5,7H,3,6H2,1-2H3. The summed E-state index contributed by atoms with van der Waals surface area (Å²) in [6, 6.07) is 0. The van der Waals surface area contributed by atoms with Gasteiger partial charge in [-0.25, -0.2) is 0 Å². The van der Waals surface area contributed by atoms with Crippen LogP contribution in [0.25, 0.3) is 0 Å². The summed E-state index contributed by atoms with van der Waals surface area (Å²) < 4.78 is 4.76. The summed E-state index contributed by atoms with van der Waals surface area (Å²) in [6.45, 7) is 2.05. The zero-order valence-corrected chi connectivity index (χ0v) is 8.02. The fourth-order valence-corrected chi connectivity index (χ4v) is 0.755. The van der Waals surface area contributed by atoms with E-state index >= 15 is 0 Å². The largest absolute Gasteiger partial charge is 0.504 e. The second-order valence-electron chi connectivity index (χ2n) is 1.96. The van der Waals surface area contributed by atoms with Crippen molar-refractivity contribution in [3.05, 3.63) is 24.0 Å². The first-order valence-corrected chi connectivity index (χ1v) is 4.35. The molecule has 0 saturated carbocycles. The van der Waals surface area contributed by atoms with Gasteiger partial charge in [0.05, 0.1) is 13.4 Å². The maximum Gasteiger partial charge on any atom is 0.0827 e. The van der Waals surface area contributed by atoms with Crippen molar-refractivity contribution in [3.63, 3.8) is 0 Å². The molecule has 0 bridgehead atoms. The third-order valence-electron chi connectivity index (χ3n) is 1.04. The van der Waals surface area contributed by atoms with Crippen LogP contribution in [0.2, 0.25) is 0 Å². The van der Waals surface area contributed by atoms with E-state index < -0.39 is 0 Å². The van der Waals surface area contributed by atoms with Crippen molar-refractivity contribution in [2.24, 2.45) is 0 Å². The number of alkyl halides is 1. The molecule has 1 nitrogen and oxygen atoms in total. The highest BCUT2D eigenvalue weighted by molar-refractivity contribution is 9.09. The van der Waals surface area contributed by atoms with Crippen LogP contribution in [0.15, 0.2) is 24.0 Å². The average Bonchev–Trinajstić information content (AvgIpc) is 1.97. The Morgan fingerprint density at radius 1 is 1.60 bits per heavy atom. The van der Waals surface area contributed by atoms with E-state index in [1.165, 1.54) is 5.57 Å². The number of methoxy groups -OCH3 is 1. The van der Waals surface area contributed by atoms with Crippen molar-refractivity contribution in [2.75, 3.05) is 12.4 Å². The molecule has 0 atom stereocenters. The summed E-state index contributed by atoms with van der Waals surface area (Å²) in [4.78, 5) is 0. The van der Waals surface area contributed by atoms with Gasteiger partial charge in [0.1, 0.15) is 0 Å². The summed E-state index contributed by atoms with van der Waals surface area (Å²) in [7, 11) is 1.65. The molecular formula is C8H13BrO. The van der Waals surface area contributed by atoms with Crippen molar-refractivity contribution >= 4 is 15.9 Å². The zero-order chi connectivity index (χ0) is 7.82. The van der Waals surface area contributed by atoms with Gasteiger partial charge in [0.25, 0.3) is 0 Å². The van der Waals surface area contributed by atoms with Crippen molar-refractivity contribution in [2.45, 2.75) is 13.3 Å². The Morgan fingerprint density at radius 3 is 2.80 bits per heavy atom. The van der Waals surface area contributed by atoms with Crippen LogP contribution in [0.3, 0.4) is 0 Å². The Morgan fingerprint density at radius 2 is 2.30 bits per heavy atom. The fourth-order valence-electron chi connectivity index (χ4n) is 0.526. The highest BCUT2D eigenvalue weighted by atomic mass is 79.9. The molecule has 0 aromatic heterocycles. The molecule has 0 amide bonds. The summed E-state index contributed by atoms with van der Waals surface area (Å²) in [5, 5.41) is 1.02. The normalized spacial score (nSPS) is 12.5. The second kappa shape index (κ2) is 6.87. The van der Waals surface area contributed by atoms with E-state index in [0.29, 0.717) is 0 Å². The highest BCUT2D eigenvalue weighted by Crippen LogP contribution is 1.98. The molecule has 0 unspecified atom stereocenters. The Kier molecular flexibility index (Phi) is 6.71. The molecule has 0 radical (unpaired) electrons. The van der Waals surface area contributed by atoms with Gasteiger partial charge in [-0.15, -0.1) is 0 Å². The van der Waals surface area contributed by atoms with E-state index in [1.807, 2.05) is 6.08 Å². The molecule has 0 fully saturated rings. The Hall–Kier alpha value is -0.240. The molecule has 0 aromatic rings. The molecule has 0 heterocycles. The summed E-state index contributed by atoms with van der Waals surface area (Å²) >= 11 is 3.35. The third kappa shape index (κ3) is 5.89. The Balaban J connectivity index is 3.59. The molecule has 0 aliphatic heterocycles. The van der Waals surface area contributed by atoms with Crippen molar-refractivity contribution in [1.82, 2.24) is 0 Å². The molecule has 0 saturated heterocycles. The van der Waals surface area contributed by atoms with Gasteiger partial charge in [-0.1, -0.05) is 27.6 Å². The maximum atomic E-state index is 4.76. The van der Waals surface area contributed by atoms with Crippen LogP contribution in [0.5, 0.6) is 0 Å². The smallest absolute Gasteiger partial charge is 0.0827 e. The Labute approximate surface area is 70.9 Å². The lowest BCUT2D eigenvalue weighted by molar-refractivity contribution is 0.338. The van der Waals surface area contributed by atoms with Crippen LogP contribution < -0.4 is 0 Å². The predicted octanol–water partition coefficient (Wildman–Crippen LogP) is 2.88. The molecule has 0 aliphatic rings. The van der Waals surface area contributed by atoms with Crippen molar-refractivity contribution in [3.8, 4) is 0 Å². The van der Waals surface area contributed by atoms with Gasteiger partial charge in [0.15, 0.2) is 0 Å². The lowest BCUT2D eigenvalue weighted by atomic mass is 10.2. The average molecular weight is 205 g/mol. The Bertz CT molecular complexity index is 127. The molecule has 58 valence electrons. The first-order chi connectivity index (χ1) is 4.81. The van der Waals surface area contributed by atoms with Crippen LogP contribution in [0.1, 0.15) is 13.3 Å². The number of hydrogen-bond donors (Lipinski definition) is 0. The van der Waals surface area contributed by atoms with E-state index in [-0.39, 0.29) is 0 Å². The number of allylic oxidation sites excluding steroid dienone is 3. The summed E-state index contributed by atoms with van der Waals surface area (Å²) in [5.41, 5.74) is 1.24. The minimum Gasteiger partial charge on any atom is -0.504 e. The van der Waals surface area contributed by atoms with Crippen LogP contribution in [0, 0.1) is 0 Å².